The van der Waals surface area contributed by atoms with Gasteiger partial charge < -0.3 is 15.2 Å². The van der Waals surface area contributed by atoms with E-state index in [9.17, 15) is 17.6 Å². The molecule has 8 nitrogen and oxygen atoms in total. The van der Waals surface area contributed by atoms with Crippen LogP contribution in [0.25, 0.3) is 0 Å². The summed E-state index contributed by atoms with van der Waals surface area (Å²) in [6.07, 6.45) is 2.89. The van der Waals surface area contributed by atoms with Crippen molar-refractivity contribution in [1.82, 2.24) is 13.9 Å². The minimum atomic E-state index is -3.84. The summed E-state index contributed by atoms with van der Waals surface area (Å²) in [5, 5.41) is 6.53. The molecule has 0 spiro atoms. The Bertz CT molecular complexity index is 1280. The van der Waals surface area contributed by atoms with Crippen molar-refractivity contribution in [1.29, 1.82) is 0 Å². The first-order valence-electron chi connectivity index (χ1n) is 10.2. The van der Waals surface area contributed by atoms with Crippen LogP contribution in [0.5, 0.6) is 0 Å². The van der Waals surface area contributed by atoms with Gasteiger partial charge >= 0.3 is 0 Å². The second kappa shape index (κ2) is 9.12. The molecule has 11 heteroatoms. The molecule has 0 aliphatic carbocycles. The number of hydrogen-bond donors (Lipinski definition) is 2. The predicted octanol–water partition coefficient (Wildman–Crippen LogP) is 3.44. The molecule has 174 valence electrons. The van der Waals surface area contributed by atoms with E-state index in [-0.39, 0.29) is 41.8 Å². The van der Waals surface area contributed by atoms with Crippen LogP contribution < -0.4 is 10.6 Å². The number of aromatic nitrogens is 2. The van der Waals surface area contributed by atoms with E-state index in [2.05, 4.69) is 15.6 Å². The Morgan fingerprint density at radius 2 is 1.88 bits per heavy atom. The Balaban J connectivity index is 1.69. The Labute approximate surface area is 196 Å². The van der Waals surface area contributed by atoms with E-state index in [4.69, 9.17) is 11.6 Å². The van der Waals surface area contributed by atoms with Crippen LogP contribution in [0.1, 0.15) is 18.4 Å². The van der Waals surface area contributed by atoms with Crippen LogP contribution in [0.4, 0.5) is 15.8 Å². The van der Waals surface area contributed by atoms with Gasteiger partial charge in [-0.05, 0) is 35.9 Å². The van der Waals surface area contributed by atoms with E-state index in [0.29, 0.717) is 16.4 Å². The zero-order valence-electron chi connectivity index (χ0n) is 18.0. The van der Waals surface area contributed by atoms with Gasteiger partial charge in [0.2, 0.25) is 5.91 Å². The third kappa shape index (κ3) is 5.02. The summed E-state index contributed by atoms with van der Waals surface area (Å²) in [6, 6.07) is 10.6. The SMILES string of the molecule is CC(=O)Nc1ccc(Cl)cc1NC1CN(S(=O)(=O)c2cn(C)cn2)CC1c1ccc(F)cc1. The Morgan fingerprint density at radius 3 is 2.52 bits per heavy atom. The first kappa shape index (κ1) is 23.2. The molecule has 1 saturated heterocycles. The predicted molar refractivity (Wildman–Crippen MR) is 124 cm³/mol. The molecular formula is C22H23ClFN5O3S. The third-order valence-corrected chi connectivity index (χ3v) is 7.46. The van der Waals surface area contributed by atoms with E-state index < -0.39 is 10.0 Å². The van der Waals surface area contributed by atoms with Gasteiger partial charge in [0.1, 0.15) is 5.82 Å². The molecule has 1 aliphatic rings. The van der Waals surface area contributed by atoms with Crippen LogP contribution in [0.3, 0.4) is 0 Å². The fraction of sp³-hybridized carbons (Fsp3) is 0.273. The monoisotopic (exact) mass is 491 g/mol. The largest absolute Gasteiger partial charge is 0.379 e. The summed E-state index contributed by atoms with van der Waals surface area (Å²) < 4.78 is 42.9. The zero-order chi connectivity index (χ0) is 23.8. The van der Waals surface area contributed by atoms with Crippen LogP contribution >= 0.6 is 11.6 Å². The van der Waals surface area contributed by atoms with Gasteiger partial charge in [0.15, 0.2) is 5.03 Å². The number of imidazole rings is 1. The van der Waals surface area contributed by atoms with Crippen LogP contribution in [0, 0.1) is 5.82 Å². The van der Waals surface area contributed by atoms with E-state index in [0.717, 1.165) is 5.56 Å². The summed E-state index contributed by atoms with van der Waals surface area (Å²) in [6.45, 7) is 1.72. The third-order valence-electron chi connectivity index (χ3n) is 5.50. The summed E-state index contributed by atoms with van der Waals surface area (Å²) in [5.74, 6) is -0.906. The van der Waals surface area contributed by atoms with E-state index in [1.165, 1.54) is 35.9 Å². The van der Waals surface area contributed by atoms with Crippen LogP contribution in [0.15, 0.2) is 60.0 Å². The smallest absolute Gasteiger partial charge is 0.262 e. The number of carbonyl (C=O) groups excluding carboxylic acids is 1. The number of benzene rings is 2. The van der Waals surface area contributed by atoms with Crippen molar-refractivity contribution in [3.05, 3.63) is 71.4 Å². The molecule has 2 unspecified atom stereocenters. The molecule has 2 heterocycles. The maximum absolute atomic E-state index is 13.5. The molecule has 0 bridgehead atoms. The van der Waals surface area contributed by atoms with Gasteiger partial charge in [-0.15, -0.1) is 0 Å². The molecule has 1 fully saturated rings. The fourth-order valence-corrected chi connectivity index (χ4v) is 5.58. The van der Waals surface area contributed by atoms with Crippen molar-refractivity contribution < 1.29 is 17.6 Å². The maximum Gasteiger partial charge on any atom is 0.262 e. The number of sulfonamides is 1. The highest BCUT2D eigenvalue weighted by molar-refractivity contribution is 7.89. The molecule has 4 rings (SSSR count). The normalized spacial score (nSPS) is 18.9. The Kier molecular flexibility index (Phi) is 6.42. The van der Waals surface area contributed by atoms with Gasteiger partial charge in [-0.3, -0.25) is 4.79 Å². The van der Waals surface area contributed by atoms with Crippen molar-refractivity contribution >= 4 is 38.9 Å². The second-order valence-corrected chi connectivity index (χ2v) is 10.3. The summed E-state index contributed by atoms with van der Waals surface area (Å²) in [7, 11) is -2.14. The van der Waals surface area contributed by atoms with Gasteiger partial charge in [0.05, 0.1) is 17.7 Å². The number of nitrogens with one attached hydrogen (secondary N) is 2. The Hall–Kier alpha value is -2.95. The number of rotatable bonds is 6. The van der Waals surface area contributed by atoms with Gasteiger partial charge in [0, 0.05) is 50.2 Å². The number of halogens is 2. The molecule has 2 atom stereocenters. The van der Waals surface area contributed by atoms with Gasteiger partial charge in [-0.25, -0.2) is 17.8 Å². The minimum absolute atomic E-state index is 0.0369. The Morgan fingerprint density at radius 1 is 1.15 bits per heavy atom. The fourth-order valence-electron chi connectivity index (χ4n) is 3.95. The number of nitrogens with zero attached hydrogens (tertiary/aromatic N) is 3. The van der Waals surface area contributed by atoms with Gasteiger partial charge in [0.25, 0.3) is 10.0 Å². The van der Waals surface area contributed by atoms with Gasteiger partial charge in [-0.1, -0.05) is 23.7 Å². The van der Waals surface area contributed by atoms with Crippen molar-refractivity contribution in [2.75, 3.05) is 23.7 Å². The number of hydrogen-bond acceptors (Lipinski definition) is 5. The lowest BCUT2D eigenvalue weighted by Gasteiger charge is -2.23. The highest BCUT2D eigenvalue weighted by Crippen LogP contribution is 2.35. The summed E-state index contributed by atoms with van der Waals surface area (Å²) in [5.41, 5.74) is 1.87. The van der Waals surface area contributed by atoms with Crippen LogP contribution in [0.2, 0.25) is 5.02 Å². The summed E-state index contributed by atoms with van der Waals surface area (Å²) in [4.78, 5) is 15.7. The van der Waals surface area contributed by atoms with Crippen molar-refractivity contribution in [2.24, 2.45) is 7.05 Å². The average Bonchev–Trinajstić information content (AvgIpc) is 3.38. The summed E-state index contributed by atoms with van der Waals surface area (Å²) >= 11 is 6.18. The topological polar surface area (TPSA) is 96.3 Å². The van der Waals surface area contributed by atoms with Crippen molar-refractivity contribution in [3.8, 4) is 0 Å². The quantitative estimate of drug-likeness (QED) is 0.550. The molecule has 33 heavy (non-hydrogen) atoms. The van der Waals surface area contributed by atoms with Crippen molar-refractivity contribution in [3.63, 3.8) is 0 Å². The van der Waals surface area contributed by atoms with E-state index in [1.807, 2.05) is 0 Å². The lowest BCUT2D eigenvalue weighted by atomic mass is 9.94. The average molecular weight is 492 g/mol. The molecule has 1 aromatic heterocycles. The lowest BCUT2D eigenvalue weighted by Crippen LogP contribution is -2.32. The molecule has 2 aromatic carbocycles. The molecule has 0 saturated carbocycles. The first-order chi connectivity index (χ1) is 15.6. The molecule has 2 N–H and O–H groups in total. The highest BCUT2D eigenvalue weighted by Gasteiger charge is 2.41. The molecule has 0 radical (unpaired) electrons. The van der Waals surface area contributed by atoms with E-state index >= 15 is 0 Å². The lowest BCUT2D eigenvalue weighted by molar-refractivity contribution is -0.114. The maximum atomic E-state index is 13.5. The number of amides is 1. The highest BCUT2D eigenvalue weighted by atomic mass is 35.5. The molecule has 1 amide bonds. The molecular weight excluding hydrogens is 469 g/mol. The number of carbonyl (C=O) groups is 1. The number of anilines is 2. The second-order valence-electron chi connectivity index (χ2n) is 7.98. The minimum Gasteiger partial charge on any atom is -0.379 e. The standard InChI is InChI=1S/C22H23ClFN5O3S/c1-14(30)26-19-8-5-16(23)9-20(19)27-21-11-29(33(31,32)22-12-28(2)13-25-22)10-18(21)15-3-6-17(24)7-4-15/h3-9,12-13,18,21,27H,10-11H2,1-2H3,(H,26,30). The first-order valence-corrected chi connectivity index (χ1v) is 12.0. The van der Waals surface area contributed by atoms with E-state index in [1.54, 1.807) is 41.9 Å². The molecule has 1 aliphatic heterocycles. The van der Waals surface area contributed by atoms with Crippen molar-refractivity contribution in [2.45, 2.75) is 23.9 Å². The number of aryl methyl sites for hydroxylation is 1. The van der Waals surface area contributed by atoms with Crippen LogP contribution in [-0.2, 0) is 21.9 Å². The van der Waals surface area contributed by atoms with Crippen LogP contribution in [-0.4, -0.2) is 47.3 Å². The zero-order valence-corrected chi connectivity index (χ0v) is 19.6. The van der Waals surface area contributed by atoms with Gasteiger partial charge in [-0.2, -0.15) is 4.31 Å². The molecule has 3 aromatic rings.